The monoisotopic (exact) mass is 379 g/mol. The first-order valence-corrected chi connectivity index (χ1v) is 7.54. The highest BCUT2D eigenvalue weighted by Crippen LogP contribution is 2.28. The molecule has 0 heterocycles. The Morgan fingerprint density at radius 3 is 2.62 bits per heavy atom. The molecule has 0 aliphatic rings. The first-order chi connectivity index (χ1) is 12.3. The summed E-state index contributed by atoms with van der Waals surface area (Å²) in [5.41, 5.74) is 5.51. The molecule has 1 amide bonds. The largest absolute Gasteiger partial charge is 0.496 e. The van der Waals surface area contributed by atoms with Crippen molar-refractivity contribution in [2.24, 2.45) is 0 Å². The Morgan fingerprint density at radius 1 is 1.27 bits per heavy atom. The van der Waals surface area contributed by atoms with E-state index in [1.807, 2.05) is 0 Å². The molecule has 10 heteroatoms. The molecular formula is C16H14ClN3O6. The number of carbonyl (C=O) groups is 2. The minimum absolute atomic E-state index is 0.0485. The number of carbonyl (C=O) groups excluding carboxylic acids is 2. The average Bonchev–Trinajstić information content (AvgIpc) is 2.62. The quantitative estimate of drug-likeness (QED) is 0.341. The Balaban J connectivity index is 2.01. The fraction of sp³-hybridized carbons (Fsp3) is 0.125. The summed E-state index contributed by atoms with van der Waals surface area (Å²) in [5, 5.41) is 13.7. The summed E-state index contributed by atoms with van der Waals surface area (Å²) < 4.78 is 9.76. The lowest BCUT2D eigenvalue weighted by atomic mass is 10.2. The Labute approximate surface area is 152 Å². The molecule has 2 rings (SSSR count). The van der Waals surface area contributed by atoms with Gasteiger partial charge in [-0.05, 0) is 30.3 Å². The van der Waals surface area contributed by atoms with E-state index in [-0.39, 0.29) is 33.4 Å². The van der Waals surface area contributed by atoms with Crippen molar-refractivity contribution in [3.8, 4) is 5.75 Å². The molecule has 0 bridgehead atoms. The number of benzene rings is 2. The molecule has 2 aromatic rings. The number of nitrogens with one attached hydrogen (secondary N) is 1. The van der Waals surface area contributed by atoms with Gasteiger partial charge in [0, 0.05) is 0 Å². The number of nitro groups is 1. The van der Waals surface area contributed by atoms with Crippen molar-refractivity contribution < 1.29 is 24.0 Å². The predicted octanol–water partition coefficient (Wildman–Crippen LogP) is 2.63. The van der Waals surface area contributed by atoms with E-state index in [1.54, 1.807) is 0 Å². The van der Waals surface area contributed by atoms with Crippen molar-refractivity contribution in [2.75, 3.05) is 24.8 Å². The van der Waals surface area contributed by atoms with Crippen molar-refractivity contribution in [1.29, 1.82) is 0 Å². The number of rotatable bonds is 6. The van der Waals surface area contributed by atoms with Gasteiger partial charge in [0.25, 0.3) is 11.6 Å². The van der Waals surface area contributed by atoms with Crippen molar-refractivity contribution >= 4 is 40.5 Å². The maximum atomic E-state index is 11.9. The second kappa shape index (κ2) is 8.17. The van der Waals surface area contributed by atoms with Gasteiger partial charge in [-0.1, -0.05) is 11.6 Å². The molecule has 9 nitrogen and oxygen atoms in total. The van der Waals surface area contributed by atoms with Crippen LogP contribution in [-0.4, -0.2) is 30.5 Å². The Hall–Kier alpha value is -3.33. The Kier molecular flexibility index (Phi) is 5.97. The zero-order valence-corrected chi connectivity index (χ0v) is 14.3. The highest BCUT2D eigenvalue weighted by Gasteiger charge is 2.18. The highest BCUT2D eigenvalue weighted by atomic mass is 35.5. The van der Waals surface area contributed by atoms with Crippen LogP contribution in [0.1, 0.15) is 10.4 Å². The normalized spacial score (nSPS) is 10.1. The van der Waals surface area contributed by atoms with Gasteiger partial charge in [0.15, 0.2) is 6.61 Å². The molecule has 0 saturated heterocycles. The van der Waals surface area contributed by atoms with Gasteiger partial charge in [0.2, 0.25) is 0 Å². The molecule has 0 aliphatic heterocycles. The van der Waals surface area contributed by atoms with Crippen LogP contribution in [0.2, 0.25) is 5.02 Å². The van der Waals surface area contributed by atoms with Crippen molar-refractivity contribution in [3.05, 3.63) is 57.1 Å². The minimum atomic E-state index is -0.784. The third-order valence-electron chi connectivity index (χ3n) is 3.24. The molecule has 0 fully saturated rings. The minimum Gasteiger partial charge on any atom is -0.496 e. The fourth-order valence-electron chi connectivity index (χ4n) is 1.97. The van der Waals surface area contributed by atoms with Crippen LogP contribution in [0.25, 0.3) is 0 Å². The van der Waals surface area contributed by atoms with Gasteiger partial charge in [-0.3, -0.25) is 14.9 Å². The lowest BCUT2D eigenvalue weighted by Crippen LogP contribution is -2.21. The van der Waals surface area contributed by atoms with Gasteiger partial charge in [0.05, 0.1) is 34.4 Å². The molecule has 0 unspecified atom stereocenters. The van der Waals surface area contributed by atoms with E-state index in [1.165, 1.54) is 37.4 Å². The predicted molar refractivity (Wildman–Crippen MR) is 94.4 cm³/mol. The molecule has 0 atom stereocenters. The van der Waals surface area contributed by atoms with E-state index in [0.717, 1.165) is 6.07 Å². The topological polar surface area (TPSA) is 134 Å². The average molecular weight is 380 g/mol. The third-order valence-corrected chi connectivity index (χ3v) is 3.59. The standard InChI is InChI=1S/C16H14ClN3O6/c1-25-10-3-5-13(14(7-10)20(23)24)19-15(21)8-26-16(22)9-2-4-11(17)12(18)6-9/h2-7H,8,18H2,1H3,(H,19,21). The summed E-state index contributed by atoms with van der Waals surface area (Å²) in [6, 6.07) is 8.07. The molecule has 3 N–H and O–H groups in total. The number of hydrogen-bond acceptors (Lipinski definition) is 7. The molecule has 0 spiro atoms. The van der Waals surface area contributed by atoms with Crippen LogP contribution in [-0.2, 0) is 9.53 Å². The van der Waals surface area contributed by atoms with Gasteiger partial charge >= 0.3 is 5.97 Å². The van der Waals surface area contributed by atoms with Crippen molar-refractivity contribution in [2.45, 2.75) is 0 Å². The Bertz CT molecular complexity index is 871. The van der Waals surface area contributed by atoms with Crippen molar-refractivity contribution in [3.63, 3.8) is 0 Å². The number of esters is 1. The van der Waals surface area contributed by atoms with Gasteiger partial charge in [-0.15, -0.1) is 0 Å². The molecule has 0 saturated carbocycles. The molecule has 0 aromatic heterocycles. The van der Waals surface area contributed by atoms with E-state index < -0.39 is 23.4 Å². The first-order valence-electron chi connectivity index (χ1n) is 7.16. The van der Waals surface area contributed by atoms with Gasteiger partial charge < -0.3 is 20.5 Å². The van der Waals surface area contributed by atoms with Crippen LogP contribution in [0.3, 0.4) is 0 Å². The molecule has 2 aromatic carbocycles. The van der Waals surface area contributed by atoms with E-state index in [0.29, 0.717) is 0 Å². The van der Waals surface area contributed by atoms with Crippen LogP contribution in [0, 0.1) is 10.1 Å². The summed E-state index contributed by atoms with van der Waals surface area (Å²) in [6.45, 7) is -0.634. The second-order valence-corrected chi connectivity index (χ2v) is 5.41. The van der Waals surface area contributed by atoms with E-state index in [2.05, 4.69) is 5.32 Å². The highest BCUT2D eigenvalue weighted by molar-refractivity contribution is 6.33. The van der Waals surface area contributed by atoms with Crippen LogP contribution in [0.15, 0.2) is 36.4 Å². The number of methoxy groups -OCH3 is 1. The number of hydrogen-bond donors (Lipinski definition) is 2. The first kappa shape index (κ1) is 19.0. The fourth-order valence-corrected chi connectivity index (χ4v) is 2.08. The zero-order chi connectivity index (χ0) is 19.3. The maximum absolute atomic E-state index is 11.9. The smallest absolute Gasteiger partial charge is 0.338 e. The number of nitro benzene ring substituents is 1. The number of ether oxygens (including phenoxy) is 2. The Morgan fingerprint density at radius 2 is 2.00 bits per heavy atom. The number of amides is 1. The summed E-state index contributed by atoms with van der Waals surface area (Å²) in [6.07, 6.45) is 0. The molecule has 0 radical (unpaired) electrons. The van der Waals surface area contributed by atoms with Gasteiger partial charge in [0.1, 0.15) is 11.4 Å². The number of nitrogens with zero attached hydrogens (tertiary/aromatic N) is 1. The number of nitrogens with two attached hydrogens (primary N) is 1. The van der Waals surface area contributed by atoms with Crippen LogP contribution in [0.5, 0.6) is 5.75 Å². The summed E-state index contributed by atoms with van der Waals surface area (Å²) in [5.74, 6) is -1.26. The van der Waals surface area contributed by atoms with Crippen LogP contribution < -0.4 is 15.8 Å². The van der Waals surface area contributed by atoms with E-state index in [4.69, 9.17) is 26.8 Å². The molecule has 26 heavy (non-hydrogen) atoms. The van der Waals surface area contributed by atoms with E-state index >= 15 is 0 Å². The summed E-state index contributed by atoms with van der Waals surface area (Å²) in [4.78, 5) is 34.2. The second-order valence-electron chi connectivity index (χ2n) is 5.00. The SMILES string of the molecule is COc1ccc(NC(=O)COC(=O)c2ccc(Cl)c(N)c2)c([N+](=O)[O-])c1. The van der Waals surface area contributed by atoms with E-state index in [9.17, 15) is 19.7 Å². The van der Waals surface area contributed by atoms with Crippen LogP contribution in [0.4, 0.5) is 17.1 Å². The third kappa shape index (κ3) is 4.61. The molecular weight excluding hydrogens is 366 g/mol. The number of anilines is 2. The lowest BCUT2D eigenvalue weighted by Gasteiger charge is -2.08. The number of halogens is 1. The lowest BCUT2D eigenvalue weighted by molar-refractivity contribution is -0.384. The summed E-state index contributed by atoms with van der Waals surface area (Å²) in [7, 11) is 1.36. The zero-order valence-electron chi connectivity index (χ0n) is 13.5. The number of nitrogen functional groups attached to an aromatic ring is 1. The molecule has 0 aliphatic carbocycles. The summed E-state index contributed by atoms with van der Waals surface area (Å²) >= 11 is 5.76. The van der Waals surface area contributed by atoms with Crippen LogP contribution >= 0.6 is 11.6 Å². The molecule has 136 valence electrons. The van der Waals surface area contributed by atoms with Crippen molar-refractivity contribution in [1.82, 2.24) is 0 Å². The maximum Gasteiger partial charge on any atom is 0.338 e. The van der Waals surface area contributed by atoms with Gasteiger partial charge in [-0.2, -0.15) is 0 Å². The van der Waals surface area contributed by atoms with Gasteiger partial charge in [-0.25, -0.2) is 4.79 Å².